The fourth-order valence-electron chi connectivity index (χ4n) is 1.68. The van der Waals surface area contributed by atoms with E-state index in [4.69, 9.17) is 0 Å². The molecule has 17 heavy (non-hydrogen) atoms. The molecular formula is C10H12BrNO3S2. The number of hydrogen-bond donors (Lipinski definition) is 0. The van der Waals surface area contributed by atoms with Crippen LogP contribution in [0.3, 0.4) is 0 Å². The summed E-state index contributed by atoms with van der Waals surface area (Å²) in [6.45, 7) is 2.54. The van der Waals surface area contributed by atoms with E-state index in [2.05, 4.69) is 15.9 Å². The molecule has 1 aliphatic rings. The van der Waals surface area contributed by atoms with Gasteiger partial charge in [0, 0.05) is 24.2 Å². The molecule has 0 radical (unpaired) electrons. The molecule has 0 saturated carbocycles. The van der Waals surface area contributed by atoms with E-state index >= 15 is 0 Å². The van der Waals surface area contributed by atoms with Crippen molar-refractivity contribution in [1.82, 2.24) is 4.90 Å². The molecule has 1 aromatic heterocycles. The molecule has 7 heteroatoms. The highest BCUT2D eigenvalue weighted by atomic mass is 79.9. The number of aryl methyl sites for hydroxylation is 1. The van der Waals surface area contributed by atoms with Gasteiger partial charge < -0.3 is 4.90 Å². The normalized spacial score (nSPS) is 17.0. The van der Waals surface area contributed by atoms with E-state index in [1.165, 1.54) is 17.6 Å². The predicted octanol–water partition coefficient (Wildman–Crippen LogP) is 1.69. The Morgan fingerprint density at radius 1 is 1.53 bits per heavy atom. The van der Waals surface area contributed by atoms with Crippen molar-refractivity contribution >= 4 is 43.0 Å². The molecule has 0 aromatic carbocycles. The zero-order valence-corrected chi connectivity index (χ0v) is 12.7. The van der Waals surface area contributed by atoms with E-state index in [1.807, 2.05) is 13.0 Å². The number of sulfone groups is 1. The van der Waals surface area contributed by atoms with Gasteiger partial charge in [0.1, 0.15) is 0 Å². The number of carbonyl (C=O) groups excluding carboxylic acids is 1. The first-order valence-electron chi connectivity index (χ1n) is 5.03. The Kier molecular flexibility index (Phi) is 3.35. The molecule has 1 fully saturated rings. The molecule has 2 rings (SSSR count). The summed E-state index contributed by atoms with van der Waals surface area (Å²) < 4.78 is 23.3. The summed E-state index contributed by atoms with van der Waals surface area (Å²) in [4.78, 5) is 14.7. The Bertz CT molecular complexity index is 558. The minimum absolute atomic E-state index is 0.0962. The van der Waals surface area contributed by atoms with Crippen LogP contribution in [0, 0.1) is 6.92 Å². The van der Waals surface area contributed by atoms with E-state index in [9.17, 15) is 13.2 Å². The second-order valence-corrected chi connectivity index (χ2v) is 9.11. The second-order valence-electron chi connectivity index (χ2n) is 4.21. The van der Waals surface area contributed by atoms with Crippen molar-refractivity contribution in [3.8, 4) is 0 Å². The molecule has 1 saturated heterocycles. The van der Waals surface area contributed by atoms with Gasteiger partial charge in [-0.25, -0.2) is 8.42 Å². The van der Waals surface area contributed by atoms with Crippen molar-refractivity contribution in [2.24, 2.45) is 0 Å². The van der Waals surface area contributed by atoms with Crippen LogP contribution in [0.4, 0.5) is 0 Å². The van der Waals surface area contributed by atoms with Gasteiger partial charge in [-0.1, -0.05) is 0 Å². The number of likely N-dealkylation sites (tertiary alicyclic amines) is 1. The molecule has 0 atom stereocenters. The zero-order valence-electron chi connectivity index (χ0n) is 9.44. The number of halogens is 1. The van der Waals surface area contributed by atoms with Crippen LogP contribution in [0.25, 0.3) is 0 Å². The Hall–Kier alpha value is -0.400. The molecule has 2 heterocycles. The number of nitrogens with zero attached hydrogens (tertiary/aromatic N) is 1. The molecule has 0 spiro atoms. The summed E-state index contributed by atoms with van der Waals surface area (Å²) in [5.41, 5.74) is 0.624. The third-order valence-corrected chi connectivity index (χ3v) is 6.04. The molecule has 1 aromatic rings. The number of rotatable bonds is 2. The third kappa shape index (κ3) is 2.56. The van der Waals surface area contributed by atoms with Gasteiger partial charge in [0.05, 0.1) is 14.6 Å². The highest BCUT2D eigenvalue weighted by molar-refractivity contribution is 9.11. The van der Waals surface area contributed by atoms with E-state index in [0.717, 1.165) is 8.66 Å². The topological polar surface area (TPSA) is 54.5 Å². The molecule has 0 N–H and O–H groups in total. The number of carbonyl (C=O) groups is 1. The average molecular weight is 338 g/mol. The molecular weight excluding hydrogens is 326 g/mol. The predicted molar refractivity (Wildman–Crippen MR) is 71.3 cm³/mol. The summed E-state index contributed by atoms with van der Waals surface area (Å²) >= 11 is 4.85. The van der Waals surface area contributed by atoms with Crippen molar-refractivity contribution in [2.75, 3.05) is 19.3 Å². The molecule has 94 valence electrons. The molecule has 1 aliphatic heterocycles. The Morgan fingerprint density at radius 2 is 2.12 bits per heavy atom. The first-order chi connectivity index (χ1) is 7.79. The average Bonchev–Trinajstić information content (AvgIpc) is 2.39. The number of amides is 1. The quantitative estimate of drug-likeness (QED) is 0.825. The summed E-state index contributed by atoms with van der Waals surface area (Å²) in [6.07, 6.45) is 1.21. The van der Waals surface area contributed by atoms with Gasteiger partial charge in [-0.05, 0) is 28.9 Å². The Balaban J connectivity index is 2.08. The lowest BCUT2D eigenvalue weighted by Crippen LogP contribution is -2.56. The molecule has 0 unspecified atom stereocenters. The zero-order chi connectivity index (χ0) is 12.8. The standard InChI is InChI=1S/C10H12BrNO3S2/c1-6-3-8(9(11)16-6)10(13)12-4-7(5-12)17(2,14)15/h3,7H,4-5H2,1-2H3. The van der Waals surface area contributed by atoms with Crippen LogP contribution in [0.5, 0.6) is 0 Å². The van der Waals surface area contributed by atoms with Crippen LogP contribution >= 0.6 is 27.3 Å². The van der Waals surface area contributed by atoms with Crippen LogP contribution in [0.15, 0.2) is 9.85 Å². The van der Waals surface area contributed by atoms with Gasteiger partial charge in [-0.3, -0.25) is 4.79 Å². The minimum atomic E-state index is -3.02. The van der Waals surface area contributed by atoms with Gasteiger partial charge >= 0.3 is 0 Å². The van der Waals surface area contributed by atoms with Gasteiger partial charge in [0.15, 0.2) is 9.84 Å². The summed E-state index contributed by atoms with van der Waals surface area (Å²) in [5, 5.41) is -0.398. The van der Waals surface area contributed by atoms with Crippen LogP contribution < -0.4 is 0 Å². The van der Waals surface area contributed by atoms with Crippen molar-refractivity contribution in [3.63, 3.8) is 0 Å². The second kappa shape index (κ2) is 4.37. The fourth-order valence-corrected chi connectivity index (χ4v) is 4.34. The van der Waals surface area contributed by atoms with Gasteiger partial charge in [-0.15, -0.1) is 11.3 Å². The van der Waals surface area contributed by atoms with Crippen LogP contribution in [-0.2, 0) is 9.84 Å². The SMILES string of the molecule is Cc1cc(C(=O)N2CC(S(C)(=O)=O)C2)c(Br)s1. The maximum absolute atomic E-state index is 12.0. The first-order valence-corrected chi connectivity index (χ1v) is 8.59. The van der Waals surface area contributed by atoms with E-state index in [1.54, 1.807) is 4.90 Å². The largest absolute Gasteiger partial charge is 0.336 e. The highest BCUT2D eigenvalue weighted by Gasteiger charge is 2.38. The smallest absolute Gasteiger partial charge is 0.255 e. The van der Waals surface area contributed by atoms with Crippen molar-refractivity contribution in [2.45, 2.75) is 12.2 Å². The van der Waals surface area contributed by atoms with Crippen LogP contribution in [0.2, 0.25) is 0 Å². The van der Waals surface area contributed by atoms with E-state index < -0.39 is 15.1 Å². The van der Waals surface area contributed by atoms with Gasteiger partial charge in [0.2, 0.25) is 0 Å². The molecule has 4 nitrogen and oxygen atoms in total. The maximum Gasteiger partial charge on any atom is 0.255 e. The van der Waals surface area contributed by atoms with E-state index in [0.29, 0.717) is 18.7 Å². The van der Waals surface area contributed by atoms with Crippen molar-refractivity contribution in [3.05, 3.63) is 20.3 Å². The van der Waals surface area contributed by atoms with Crippen molar-refractivity contribution in [1.29, 1.82) is 0 Å². The lowest BCUT2D eigenvalue weighted by atomic mass is 10.1. The van der Waals surface area contributed by atoms with E-state index in [-0.39, 0.29) is 5.91 Å². The van der Waals surface area contributed by atoms with Gasteiger partial charge in [-0.2, -0.15) is 0 Å². The summed E-state index contributed by atoms with van der Waals surface area (Å²) in [6, 6.07) is 1.82. The molecule has 1 amide bonds. The minimum Gasteiger partial charge on any atom is -0.336 e. The van der Waals surface area contributed by atoms with Crippen LogP contribution in [-0.4, -0.2) is 43.8 Å². The molecule has 0 bridgehead atoms. The monoisotopic (exact) mass is 337 g/mol. The van der Waals surface area contributed by atoms with Crippen LogP contribution in [0.1, 0.15) is 15.2 Å². The first kappa shape index (κ1) is 13.0. The lowest BCUT2D eigenvalue weighted by Gasteiger charge is -2.37. The maximum atomic E-state index is 12.0. The number of hydrogen-bond acceptors (Lipinski definition) is 4. The van der Waals surface area contributed by atoms with Crippen molar-refractivity contribution < 1.29 is 13.2 Å². The highest BCUT2D eigenvalue weighted by Crippen LogP contribution is 2.30. The summed E-state index contributed by atoms with van der Waals surface area (Å²) in [7, 11) is -3.02. The van der Waals surface area contributed by atoms with Gasteiger partial charge in [0.25, 0.3) is 5.91 Å². The fraction of sp³-hybridized carbons (Fsp3) is 0.500. The Morgan fingerprint density at radius 3 is 2.53 bits per heavy atom. The summed E-state index contributed by atoms with van der Waals surface area (Å²) in [5.74, 6) is -0.0962. The lowest BCUT2D eigenvalue weighted by molar-refractivity contribution is 0.0659. The Labute approximate surface area is 113 Å². The molecule has 0 aliphatic carbocycles. The third-order valence-electron chi connectivity index (χ3n) is 2.78. The number of thiophene rings is 1.